The number of amides is 3. The highest BCUT2D eigenvalue weighted by Gasteiger charge is 2.34. The normalized spacial score (nSPS) is 25.3. The second-order valence-electron chi connectivity index (χ2n) is 7.30. The van der Waals surface area contributed by atoms with Gasteiger partial charge >= 0.3 is 0 Å². The summed E-state index contributed by atoms with van der Waals surface area (Å²) in [7, 11) is 0. The van der Waals surface area contributed by atoms with Gasteiger partial charge in [0.25, 0.3) is 11.8 Å². The van der Waals surface area contributed by atoms with E-state index in [2.05, 4.69) is 19.2 Å². The second kappa shape index (κ2) is 8.25. The summed E-state index contributed by atoms with van der Waals surface area (Å²) in [5.74, 6) is 1.66. The molecular weight excluding hydrogens is 348 g/mol. The number of rotatable bonds is 6. The molecule has 0 radical (unpaired) electrons. The summed E-state index contributed by atoms with van der Waals surface area (Å²) in [6.07, 6.45) is 3.46. The third-order valence-corrected chi connectivity index (χ3v) is 6.56. The van der Waals surface area contributed by atoms with Crippen molar-refractivity contribution in [3.8, 4) is 0 Å². The topological polar surface area (TPSA) is 66.5 Å². The Morgan fingerprint density at radius 1 is 1.15 bits per heavy atom. The van der Waals surface area contributed by atoms with Gasteiger partial charge in [-0.2, -0.15) is 11.8 Å². The van der Waals surface area contributed by atoms with Crippen LogP contribution >= 0.6 is 11.8 Å². The average molecular weight is 375 g/mol. The molecule has 2 aliphatic rings. The van der Waals surface area contributed by atoms with Crippen molar-refractivity contribution in [3.05, 3.63) is 35.4 Å². The van der Waals surface area contributed by atoms with Crippen molar-refractivity contribution < 1.29 is 14.4 Å². The van der Waals surface area contributed by atoms with Gasteiger partial charge in [0.05, 0.1) is 16.9 Å². The summed E-state index contributed by atoms with van der Waals surface area (Å²) in [6, 6.07) is 7.16. The molecule has 1 fully saturated rings. The number of carbonyl (C=O) groups excluding carboxylic acids is 3. The minimum absolute atomic E-state index is 0.0447. The lowest BCUT2D eigenvalue weighted by Gasteiger charge is -2.34. The number of hydrogen-bond donors (Lipinski definition) is 1. The molecule has 6 heteroatoms. The summed E-state index contributed by atoms with van der Waals surface area (Å²) < 4.78 is 0. The molecule has 3 rings (SSSR count). The van der Waals surface area contributed by atoms with Crippen LogP contribution in [0.4, 0.5) is 0 Å². The number of benzene rings is 1. The molecule has 0 aromatic heterocycles. The maximum Gasteiger partial charge on any atom is 0.261 e. The number of imide groups is 1. The van der Waals surface area contributed by atoms with Gasteiger partial charge in [-0.1, -0.05) is 38.8 Å². The number of thioether (sulfide) groups is 1. The zero-order valence-electron chi connectivity index (χ0n) is 15.4. The van der Waals surface area contributed by atoms with E-state index in [1.807, 2.05) is 0 Å². The Labute approximate surface area is 158 Å². The van der Waals surface area contributed by atoms with Crippen LogP contribution in [0.25, 0.3) is 0 Å². The monoisotopic (exact) mass is 374 g/mol. The molecule has 0 unspecified atom stereocenters. The third kappa shape index (κ3) is 3.95. The average Bonchev–Trinajstić information content (AvgIpc) is 2.87. The van der Waals surface area contributed by atoms with Crippen LogP contribution in [0.1, 0.15) is 53.8 Å². The van der Waals surface area contributed by atoms with Crippen LogP contribution in [0, 0.1) is 11.8 Å². The predicted molar refractivity (Wildman–Crippen MR) is 103 cm³/mol. The van der Waals surface area contributed by atoms with Gasteiger partial charge in [0.1, 0.15) is 0 Å². The van der Waals surface area contributed by atoms with Crippen LogP contribution in [0.5, 0.6) is 0 Å². The Morgan fingerprint density at radius 2 is 1.81 bits per heavy atom. The van der Waals surface area contributed by atoms with Gasteiger partial charge in [0.15, 0.2) is 0 Å². The Balaban J connectivity index is 1.41. The van der Waals surface area contributed by atoms with Crippen LogP contribution < -0.4 is 5.32 Å². The lowest BCUT2D eigenvalue weighted by atomic mass is 9.78. The highest BCUT2D eigenvalue weighted by Crippen LogP contribution is 2.29. The second-order valence-corrected chi connectivity index (χ2v) is 8.41. The Hall–Kier alpha value is -1.82. The fourth-order valence-electron chi connectivity index (χ4n) is 3.80. The summed E-state index contributed by atoms with van der Waals surface area (Å²) in [4.78, 5) is 38.0. The van der Waals surface area contributed by atoms with E-state index in [4.69, 9.17) is 0 Å². The molecular formula is C20H26N2O3S. The number of fused-ring (bicyclic) bond motifs is 1. The van der Waals surface area contributed by atoms with Crippen molar-refractivity contribution in [2.24, 2.45) is 11.8 Å². The maximum absolute atomic E-state index is 12.3. The third-order valence-electron chi connectivity index (χ3n) is 5.62. The van der Waals surface area contributed by atoms with E-state index in [9.17, 15) is 14.4 Å². The molecule has 1 aromatic carbocycles. The zero-order valence-corrected chi connectivity index (χ0v) is 16.2. The Kier molecular flexibility index (Phi) is 6.01. The molecule has 0 spiro atoms. The molecule has 3 atom stereocenters. The van der Waals surface area contributed by atoms with Gasteiger partial charge in [-0.3, -0.25) is 19.3 Å². The number of carbonyl (C=O) groups is 3. The molecule has 1 aromatic rings. The lowest BCUT2D eigenvalue weighted by molar-refractivity contribution is -0.120. The van der Waals surface area contributed by atoms with Crippen molar-refractivity contribution in [1.29, 1.82) is 0 Å². The molecule has 1 N–H and O–H groups in total. The SMILES string of the molecule is C[C@H]1[C@H](C)CCC[C@H]1NC(=O)CSCCN1C(=O)c2ccccc2C1=O. The highest BCUT2D eigenvalue weighted by molar-refractivity contribution is 7.99. The van der Waals surface area contributed by atoms with Crippen LogP contribution in [0.3, 0.4) is 0 Å². The summed E-state index contributed by atoms with van der Waals surface area (Å²) in [5.41, 5.74) is 0.946. The number of nitrogens with zero attached hydrogens (tertiary/aromatic N) is 1. The van der Waals surface area contributed by atoms with Gasteiger partial charge in [-0.05, 0) is 30.4 Å². The molecule has 0 bridgehead atoms. The smallest absolute Gasteiger partial charge is 0.261 e. The predicted octanol–water partition coefficient (Wildman–Crippen LogP) is 2.96. The van der Waals surface area contributed by atoms with Crippen LogP contribution in [-0.2, 0) is 4.79 Å². The number of hydrogen-bond acceptors (Lipinski definition) is 4. The van der Waals surface area contributed by atoms with E-state index >= 15 is 0 Å². The quantitative estimate of drug-likeness (QED) is 0.614. The molecule has 5 nitrogen and oxygen atoms in total. The van der Waals surface area contributed by atoms with Gasteiger partial charge in [0, 0.05) is 18.3 Å². The van der Waals surface area contributed by atoms with E-state index < -0.39 is 0 Å². The Morgan fingerprint density at radius 3 is 2.46 bits per heavy atom. The fraction of sp³-hybridized carbons (Fsp3) is 0.550. The zero-order chi connectivity index (χ0) is 18.7. The first-order valence-electron chi connectivity index (χ1n) is 9.31. The van der Waals surface area contributed by atoms with Crippen molar-refractivity contribution in [3.63, 3.8) is 0 Å². The van der Waals surface area contributed by atoms with Gasteiger partial charge in [-0.15, -0.1) is 0 Å². The van der Waals surface area contributed by atoms with Gasteiger partial charge in [-0.25, -0.2) is 0 Å². The van der Waals surface area contributed by atoms with Crippen molar-refractivity contribution in [1.82, 2.24) is 10.2 Å². The van der Waals surface area contributed by atoms with Crippen molar-refractivity contribution in [2.45, 2.75) is 39.2 Å². The molecule has 0 saturated heterocycles. The minimum atomic E-state index is -0.235. The van der Waals surface area contributed by atoms with Crippen LogP contribution in [0.15, 0.2) is 24.3 Å². The first kappa shape index (κ1) is 19.0. The molecule has 140 valence electrons. The minimum Gasteiger partial charge on any atom is -0.352 e. The highest BCUT2D eigenvalue weighted by atomic mass is 32.2. The molecule has 1 saturated carbocycles. The largest absolute Gasteiger partial charge is 0.352 e. The fourth-order valence-corrected chi connectivity index (χ4v) is 4.52. The Bertz CT molecular complexity index is 671. The van der Waals surface area contributed by atoms with Crippen molar-refractivity contribution in [2.75, 3.05) is 18.1 Å². The van der Waals surface area contributed by atoms with Gasteiger partial charge in [0.2, 0.25) is 5.91 Å². The lowest BCUT2D eigenvalue weighted by Crippen LogP contribution is -2.44. The van der Waals surface area contributed by atoms with Crippen LogP contribution in [0.2, 0.25) is 0 Å². The molecule has 1 aliphatic heterocycles. The standard InChI is InChI=1S/C20H26N2O3S/c1-13-6-5-9-17(14(13)2)21-18(23)12-26-11-10-22-19(24)15-7-3-4-8-16(15)20(22)25/h3-4,7-8,13-14,17H,5-6,9-12H2,1-2H3,(H,21,23)/t13-,14+,17-/m1/s1. The van der Waals surface area contributed by atoms with E-state index in [0.29, 0.717) is 41.0 Å². The molecule has 1 aliphatic carbocycles. The summed E-state index contributed by atoms with van der Waals surface area (Å²) in [5, 5.41) is 3.15. The van der Waals surface area contributed by atoms with E-state index in [1.54, 1.807) is 24.3 Å². The number of nitrogens with one attached hydrogen (secondary N) is 1. The molecule has 26 heavy (non-hydrogen) atoms. The van der Waals surface area contributed by atoms with Gasteiger partial charge < -0.3 is 5.32 Å². The summed E-state index contributed by atoms with van der Waals surface area (Å²) >= 11 is 1.46. The first-order chi connectivity index (χ1) is 12.5. The van der Waals surface area contributed by atoms with E-state index in [-0.39, 0.29) is 23.8 Å². The van der Waals surface area contributed by atoms with E-state index in [1.165, 1.54) is 29.5 Å². The molecule has 1 heterocycles. The first-order valence-corrected chi connectivity index (χ1v) is 10.5. The molecule has 3 amide bonds. The van der Waals surface area contributed by atoms with Crippen LogP contribution in [-0.4, -0.2) is 46.7 Å². The summed E-state index contributed by atoms with van der Waals surface area (Å²) in [6.45, 7) is 4.80. The van der Waals surface area contributed by atoms with E-state index in [0.717, 1.165) is 6.42 Å². The van der Waals surface area contributed by atoms with Crippen molar-refractivity contribution >= 4 is 29.5 Å². The maximum atomic E-state index is 12.3.